The molecule has 0 bridgehead atoms. The summed E-state index contributed by atoms with van der Waals surface area (Å²) in [6.45, 7) is 3.20. The molecule has 34 heavy (non-hydrogen) atoms. The molecule has 1 atom stereocenters. The Hall–Kier alpha value is -4.46. The Balaban J connectivity index is 1.55. The van der Waals surface area contributed by atoms with Gasteiger partial charge in [-0.2, -0.15) is 9.49 Å². The van der Waals surface area contributed by atoms with E-state index in [2.05, 4.69) is 20.4 Å². The fourth-order valence-corrected chi connectivity index (χ4v) is 3.97. The maximum atomic E-state index is 15.3. The van der Waals surface area contributed by atoms with Crippen molar-refractivity contribution in [3.8, 4) is 0 Å². The number of H-pyrrole nitrogens is 1. The molecule has 0 saturated heterocycles. The third-order valence-electron chi connectivity index (χ3n) is 5.70. The van der Waals surface area contributed by atoms with Gasteiger partial charge in [0.05, 0.1) is 22.8 Å². The number of allylic oxidation sites excluding steroid dienone is 4. The van der Waals surface area contributed by atoms with Gasteiger partial charge < -0.3 is 0 Å². The van der Waals surface area contributed by atoms with Crippen LogP contribution in [0.5, 0.6) is 0 Å². The fourth-order valence-electron chi connectivity index (χ4n) is 3.97. The highest BCUT2D eigenvalue weighted by Gasteiger charge is 2.29. The molecule has 2 heterocycles. The molecule has 1 aliphatic heterocycles. The second kappa shape index (κ2) is 8.47. The van der Waals surface area contributed by atoms with Crippen molar-refractivity contribution in [2.75, 3.05) is 4.90 Å². The van der Waals surface area contributed by atoms with E-state index >= 15 is 4.39 Å². The van der Waals surface area contributed by atoms with E-state index in [1.54, 1.807) is 68.5 Å². The van der Waals surface area contributed by atoms with Crippen LogP contribution in [0.2, 0.25) is 0 Å². The van der Waals surface area contributed by atoms with Crippen molar-refractivity contribution >= 4 is 34.1 Å². The lowest BCUT2D eigenvalue weighted by atomic mass is 9.89. The first kappa shape index (κ1) is 21.4. The van der Waals surface area contributed by atoms with E-state index in [9.17, 15) is 9.59 Å². The minimum Gasteiger partial charge on any atom is -0.277 e. The predicted octanol–water partition coefficient (Wildman–Crippen LogP) is 5.88. The monoisotopic (exact) mass is 453 g/mol. The minimum absolute atomic E-state index is 0.127. The third kappa shape index (κ3) is 3.59. The van der Waals surface area contributed by atoms with E-state index < -0.39 is 17.8 Å². The summed E-state index contributed by atoms with van der Waals surface area (Å²) in [5, 5.41) is 15.4. The minimum atomic E-state index is -0.671. The molecule has 0 spiro atoms. The number of carbonyl (C=O) groups excluding carboxylic acids is 2. The van der Waals surface area contributed by atoms with E-state index in [4.69, 9.17) is 0 Å². The van der Waals surface area contributed by atoms with Crippen LogP contribution in [0.25, 0.3) is 16.6 Å². The number of anilines is 1. The molecule has 5 rings (SSSR count). The average Bonchev–Trinajstić information content (AvgIpc) is 3.29. The summed E-state index contributed by atoms with van der Waals surface area (Å²) < 4.78 is 15.3. The number of nitrogens with zero attached hydrogens (tertiary/aromatic N) is 4. The van der Waals surface area contributed by atoms with Gasteiger partial charge in [0.25, 0.3) is 11.8 Å². The van der Waals surface area contributed by atoms with Gasteiger partial charge in [-0.05, 0) is 43.2 Å². The Morgan fingerprint density at radius 2 is 1.79 bits per heavy atom. The molecule has 7 nitrogen and oxygen atoms in total. The molecular weight excluding hydrogens is 433 g/mol. The van der Waals surface area contributed by atoms with E-state index in [-0.39, 0.29) is 11.6 Å². The van der Waals surface area contributed by atoms with Crippen LogP contribution in [0.1, 0.15) is 29.9 Å². The van der Waals surface area contributed by atoms with Gasteiger partial charge in [0, 0.05) is 10.9 Å². The van der Waals surface area contributed by atoms with Crippen LogP contribution >= 0.6 is 0 Å². The molecule has 1 aliphatic carbocycles. The summed E-state index contributed by atoms with van der Waals surface area (Å²) >= 11 is 0. The Morgan fingerprint density at radius 3 is 2.56 bits per heavy atom. The normalized spacial score (nSPS) is 16.7. The highest BCUT2D eigenvalue weighted by Crippen LogP contribution is 2.35. The van der Waals surface area contributed by atoms with Crippen LogP contribution in [0, 0.1) is 5.92 Å². The number of hydrogen-bond acceptors (Lipinski definition) is 4. The molecule has 8 heteroatoms. The number of aromatic nitrogens is 2. The number of azo groups is 1. The number of hydrogen-bond donors (Lipinski definition) is 1. The Morgan fingerprint density at radius 1 is 1.03 bits per heavy atom. The van der Waals surface area contributed by atoms with Gasteiger partial charge in [0.15, 0.2) is 11.6 Å². The molecule has 2 aromatic carbocycles. The van der Waals surface area contributed by atoms with E-state index in [0.29, 0.717) is 33.4 Å². The van der Waals surface area contributed by atoms with Crippen LogP contribution < -0.4 is 4.90 Å². The molecule has 1 aromatic heterocycles. The fraction of sp³-hybridized carbons (Fsp3) is 0.115. The summed E-state index contributed by atoms with van der Waals surface area (Å²) in [5.74, 6) is -2.04. The maximum Gasteiger partial charge on any atom is 0.285 e. The van der Waals surface area contributed by atoms with Gasteiger partial charge in [0.2, 0.25) is 0 Å². The summed E-state index contributed by atoms with van der Waals surface area (Å²) in [6.07, 6.45) is 7.26. The number of aromatic amines is 1. The Bertz CT molecular complexity index is 1470. The first-order valence-corrected chi connectivity index (χ1v) is 10.7. The number of rotatable bonds is 4. The number of carbonyl (C=O) groups is 2. The molecule has 1 N–H and O–H groups in total. The van der Waals surface area contributed by atoms with Crippen molar-refractivity contribution in [2.45, 2.75) is 13.8 Å². The number of benzene rings is 2. The number of fused-ring (bicyclic) bond motifs is 2. The Kier molecular flexibility index (Phi) is 5.33. The van der Waals surface area contributed by atoms with Crippen molar-refractivity contribution in [3.63, 3.8) is 0 Å². The molecule has 1 unspecified atom stereocenters. The topological polar surface area (TPSA) is 90.8 Å². The molecule has 0 fully saturated rings. The highest BCUT2D eigenvalue weighted by molar-refractivity contribution is 6.13. The zero-order chi connectivity index (χ0) is 23.8. The summed E-state index contributed by atoms with van der Waals surface area (Å²) in [7, 11) is 0. The number of nitrogens with one attached hydrogen (secondary N) is 1. The van der Waals surface area contributed by atoms with Gasteiger partial charge in [0.1, 0.15) is 0 Å². The van der Waals surface area contributed by atoms with E-state index in [1.807, 2.05) is 18.2 Å². The van der Waals surface area contributed by atoms with Crippen LogP contribution in [0.15, 0.2) is 100 Å². The van der Waals surface area contributed by atoms with Crippen LogP contribution in [-0.2, 0) is 4.79 Å². The quantitative estimate of drug-likeness (QED) is 0.501. The van der Waals surface area contributed by atoms with Crippen molar-refractivity contribution in [3.05, 3.63) is 101 Å². The number of para-hydroxylation sites is 1. The van der Waals surface area contributed by atoms with Gasteiger partial charge >= 0.3 is 0 Å². The van der Waals surface area contributed by atoms with Crippen LogP contribution in [0.4, 0.5) is 10.1 Å². The van der Waals surface area contributed by atoms with Gasteiger partial charge in [-0.1, -0.05) is 54.6 Å². The lowest BCUT2D eigenvalue weighted by Gasteiger charge is -2.22. The molecule has 2 amide bonds. The van der Waals surface area contributed by atoms with Gasteiger partial charge in [-0.25, -0.2) is 0 Å². The first-order valence-electron chi connectivity index (χ1n) is 10.7. The maximum absolute atomic E-state index is 15.3. The molecule has 3 aromatic rings. The Labute approximate surface area is 194 Å². The zero-order valence-corrected chi connectivity index (χ0v) is 18.5. The smallest absolute Gasteiger partial charge is 0.277 e. The third-order valence-corrected chi connectivity index (χ3v) is 5.70. The highest BCUT2D eigenvalue weighted by atomic mass is 19.1. The van der Waals surface area contributed by atoms with Crippen molar-refractivity contribution in [2.24, 2.45) is 16.1 Å². The van der Waals surface area contributed by atoms with Gasteiger partial charge in [-0.15, -0.1) is 10.2 Å². The average molecular weight is 453 g/mol. The zero-order valence-electron chi connectivity index (χ0n) is 18.5. The lowest BCUT2D eigenvalue weighted by Crippen LogP contribution is -2.29. The van der Waals surface area contributed by atoms with Crippen molar-refractivity contribution < 1.29 is 14.0 Å². The molecular formula is C26H20FN5O2. The summed E-state index contributed by atoms with van der Waals surface area (Å²) in [4.78, 5) is 26.5. The first-order chi connectivity index (χ1) is 16.5. The van der Waals surface area contributed by atoms with Crippen LogP contribution in [0.3, 0.4) is 0 Å². The van der Waals surface area contributed by atoms with Crippen LogP contribution in [-0.4, -0.2) is 22.0 Å². The molecule has 2 aliphatic rings. The summed E-state index contributed by atoms with van der Waals surface area (Å²) in [5.41, 5.74) is 3.52. The summed E-state index contributed by atoms with van der Waals surface area (Å²) in [6, 6.07) is 13.9. The SMILES string of the molecule is CC(C)=C(F)N(C(=O)c1n[nH]c2ccccc12)c1ccc(C2=C3C=CC=CC3C(=O)N=N2)cc1. The van der Waals surface area contributed by atoms with E-state index in [0.717, 1.165) is 10.5 Å². The number of halogens is 1. The molecule has 168 valence electrons. The number of amides is 2. The lowest BCUT2D eigenvalue weighted by molar-refractivity contribution is -0.119. The van der Waals surface area contributed by atoms with E-state index in [1.165, 1.54) is 0 Å². The standard InChI is InChI=1S/C26H20FN5O2/c1-15(2)24(27)32(26(34)23-20-9-5-6-10-21(20)28-30-23)17-13-11-16(12-14-17)22-18-7-3-4-8-19(18)25(33)31-29-22/h3-14,19H,1-2H3,(H,28,30). The molecule has 0 saturated carbocycles. The van der Waals surface area contributed by atoms with Crippen molar-refractivity contribution in [1.29, 1.82) is 0 Å². The van der Waals surface area contributed by atoms with Crippen molar-refractivity contribution in [1.82, 2.24) is 10.2 Å². The predicted molar refractivity (Wildman–Crippen MR) is 127 cm³/mol. The molecule has 0 radical (unpaired) electrons. The second-order valence-electron chi connectivity index (χ2n) is 8.16. The second-order valence-corrected chi connectivity index (χ2v) is 8.16. The largest absolute Gasteiger partial charge is 0.285 e. The van der Waals surface area contributed by atoms with Gasteiger partial charge in [-0.3, -0.25) is 19.6 Å².